The van der Waals surface area contributed by atoms with E-state index in [4.69, 9.17) is 11.6 Å². The predicted octanol–water partition coefficient (Wildman–Crippen LogP) is 3.36. The van der Waals surface area contributed by atoms with Gasteiger partial charge in [0.05, 0.1) is 13.1 Å². The molecule has 0 atom stereocenters. The molecule has 0 fully saturated rings. The number of nitrogens with zero attached hydrogens (tertiary/aromatic N) is 2. The second-order valence-electron chi connectivity index (χ2n) is 4.54. The van der Waals surface area contributed by atoms with Gasteiger partial charge >= 0.3 is 0 Å². The molecule has 0 bridgehead atoms. The first-order valence-electron chi connectivity index (χ1n) is 6.85. The molecule has 4 nitrogen and oxygen atoms in total. The van der Waals surface area contributed by atoms with Crippen LogP contribution in [-0.2, 0) is 13.1 Å². The molecule has 2 N–H and O–H groups in total. The van der Waals surface area contributed by atoms with Gasteiger partial charge in [0.15, 0.2) is 5.96 Å². The molecule has 0 unspecified atom stereocenters. The van der Waals surface area contributed by atoms with Crippen LogP contribution in [0.4, 0.5) is 0 Å². The summed E-state index contributed by atoms with van der Waals surface area (Å²) in [6.07, 6.45) is 1.89. The van der Waals surface area contributed by atoms with Crippen molar-refractivity contribution in [1.29, 1.82) is 0 Å². The fourth-order valence-electron chi connectivity index (χ4n) is 1.79. The van der Waals surface area contributed by atoms with Crippen LogP contribution in [0.25, 0.3) is 0 Å². The van der Waals surface area contributed by atoms with Gasteiger partial charge in [-0.05, 0) is 31.5 Å². The third kappa shape index (κ3) is 5.36. The molecular weight excluding hydrogens is 304 g/mol. The number of benzene rings is 1. The van der Waals surface area contributed by atoms with Crippen LogP contribution in [-0.4, -0.2) is 17.5 Å². The molecule has 2 rings (SSSR count). The van der Waals surface area contributed by atoms with Crippen molar-refractivity contribution in [2.24, 2.45) is 4.99 Å². The van der Waals surface area contributed by atoms with Crippen molar-refractivity contribution in [2.75, 3.05) is 6.54 Å². The predicted molar refractivity (Wildman–Crippen MR) is 90.0 cm³/mol. The van der Waals surface area contributed by atoms with Crippen LogP contribution in [0, 0.1) is 6.92 Å². The van der Waals surface area contributed by atoms with Crippen molar-refractivity contribution in [3.05, 3.63) is 50.9 Å². The highest BCUT2D eigenvalue weighted by atomic mass is 35.5. The highest BCUT2D eigenvalue weighted by Gasteiger charge is 2.01. The lowest BCUT2D eigenvalue weighted by Crippen LogP contribution is -2.36. The summed E-state index contributed by atoms with van der Waals surface area (Å²) in [6.45, 7) is 6.19. The monoisotopic (exact) mass is 322 g/mol. The zero-order valence-electron chi connectivity index (χ0n) is 12.2. The summed E-state index contributed by atoms with van der Waals surface area (Å²) < 4.78 is 0. The number of halogens is 1. The molecule has 2 aromatic rings. The summed E-state index contributed by atoms with van der Waals surface area (Å²) in [5, 5.41) is 8.31. The average molecular weight is 323 g/mol. The quantitative estimate of drug-likeness (QED) is 0.655. The SMILES string of the molecule is CCNC(=NCc1cccc(Cl)c1)NCc1ncc(C)s1. The minimum absolute atomic E-state index is 0.590. The van der Waals surface area contributed by atoms with Gasteiger partial charge < -0.3 is 10.6 Å². The highest BCUT2D eigenvalue weighted by molar-refractivity contribution is 7.11. The van der Waals surface area contributed by atoms with E-state index in [0.717, 1.165) is 28.1 Å². The topological polar surface area (TPSA) is 49.3 Å². The van der Waals surface area contributed by atoms with Gasteiger partial charge in [0.1, 0.15) is 5.01 Å². The Bertz CT molecular complexity index is 609. The second kappa shape index (κ2) is 8.00. The molecule has 1 aromatic heterocycles. The smallest absolute Gasteiger partial charge is 0.191 e. The van der Waals surface area contributed by atoms with Gasteiger partial charge in [0.25, 0.3) is 0 Å². The molecule has 1 aromatic carbocycles. The van der Waals surface area contributed by atoms with E-state index in [1.807, 2.05) is 37.4 Å². The second-order valence-corrected chi connectivity index (χ2v) is 6.30. The molecule has 0 radical (unpaired) electrons. The maximum absolute atomic E-state index is 5.98. The molecule has 1 heterocycles. The van der Waals surface area contributed by atoms with Crippen LogP contribution < -0.4 is 10.6 Å². The number of aryl methyl sites for hydroxylation is 1. The van der Waals surface area contributed by atoms with E-state index < -0.39 is 0 Å². The Kier molecular flexibility index (Phi) is 6.02. The Morgan fingerprint density at radius 1 is 1.38 bits per heavy atom. The maximum Gasteiger partial charge on any atom is 0.191 e. The van der Waals surface area contributed by atoms with E-state index in [1.165, 1.54) is 4.88 Å². The Morgan fingerprint density at radius 2 is 2.24 bits per heavy atom. The standard InChI is InChI=1S/C15H19ClN4S/c1-3-17-15(20-10-14-18-8-11(2)21-14)19-9-12-5-4-6-13(16)7-12/h4-8H,3,9-10H2,1-2H3,(H2,17,19,20). The first-order valence-corrected chi connectivity index (χ1v) is 8.04. The number of nitrogens with one attached hydrogen (secondary N) is 2. The van der Waals surface area contributed by atoms with Crippen LogP contribution in [0.2, 0.25) is 5.02 Å². The number of guanidine groups is 1. The molecule has 0 aliphatic carbocycles. The van der Waals surface area contributed by atoms with Crippen molar-refractivity contribution in [1.82, 2.24) is 15.6 Å². The molecule has 0 aliphatic rings. The first-order chi connectivity index (χ1) is 10.2. The minimum Gasteiger partial charge on any atom is -0.357 e. The largest absolute Gasteiger partial charge is 0.357 e. The summed E-state index contributed by atoms with van der Waals surface area (Å²) in [5.41, 5.74) is 1.09. The highest BCUT2D eigenvalue weighted by Crippen LogP contribution is 2.12. The van der Waals surface area contributed by atoms with Crippen molar-refractivity contribution >= 4 is 28.9 Å². The van der Waals surface area contributed by atoms with Crippen molar-refractivity contribution in [3.63, 3.8) is 0 Å². The number of aliphatic imine (C=N–C) groups is 1. The van der Waals surface area contributed by atoms with Crippen molar-refractivity contribution in [3.8, 4) is 0 Å². The first kappa shape index (κ1) is 15.8. The molecule has 21 heavy (non-hydrogen) atoms. The fourth-order valence-corrected chi connectivity index (χ4v) is 2.73. The Hall–Kier alpha value is -1.59. The number of hydrogen-bond acceptors (Lipinski definition) is 3. The Balaban J connectivity index is 1.95. The minimum atomic E-state index is 0.590. The van der Waals surface area contributed by atoms with E-state index >= 15 is 0 Å². The number of thiazole rings is 1. The third-order valence-corrected chi connectivity index (χ3v) is 3.88. The number of rotatable bonds is 5. The van der Waals surface area contributed by atoms with Crippen molar-refractivity contribution < 1.29 is 0 Å². The van der Waals surface area contributed by atoms with Crippen LogP contribution in [0.1, 0.15) is 22.4 Å². The Labute approximate surface area is 134 Å². The molecule has 112 valence electrons. The van der Waals surface area contributed by atoms with E-state index in [0.29, 0.717) is 13.1 Å². The van der Waals surface area contributed by atoms with E-state index in [2.05, 4.69) is 27.5 Å². The lowest BCUT2D eigenvalue weighted by atomic mass is 10.2. The van der Waals surface area contributed by atoms with Gasteiger partial charge in [0.2, 0.25) is 0 Å². The molecule has 0 saturated carbocycles. The zero-order valence-corrected chi connectivity index (χ0v) is 13.8. The Morgan fingerprint density at radius 3 is 2.90 bits per heavy atom. The molecule has 0 saturated heterocycles. The summed E-state index contributed by atoms with van der Waals surface area (Å²) in [5.74, 6) is 0.783. The van der Waals surface area contributed by atoms with Crippen molar-refractivity contribution in [2.45, 2.75) is 26.9 Å². The summed E-state index contributed by atoms with van der Waals surface area (Å²) in [7, 11) is 0. The summed E-state index contributed by atoms with van der Waals surface area (Å²) >= 11 is 7.67. The zero-order chi connectivity index (χ0) is 15.1. The van der Waals surface area contributed by atoms with Gasteiger partial charge in [-0.2, -0.15) is 0 Å². The molecular formula is C15H19ClN4S. The van der Waals surface area contributed by atoms with Crippen LogP contribution in [0.5, 0.6) is 0 Å². The number of aromatic nitrogens is 1. The van der Waals surface area contributed by atoms with Gasteiger partial charge in [-0.15, -0.1) is 11.3 Å². The van der Waals surface area contributed by atoms with Crippen LogP contribution >= 0.6 is 22.9 Å². The lowest BCUT2D eigenvalue weighted by Gasteiger charge is -2.10. The summed E-state index contributed by atoms with van der Waals surface area (Å²) in [6, 6.07) is 7.75. The molecule has 0 amide bonds. The van der Waals surface area contributed by atoms with Gasteiger partial charge in [-0.25, -0.2) is 9.98 Å². The van der Waals surface area contributed by atoms with Crippen LogP contribution in [0.3, 0.4) is 0 Å². The van der Waals surface area contributed by atoms with Gasteiger partial charge in [-0.1, -0.05) is 23.7 Å². The van der Waals surface area contributed by atoms with E-state index in [9.17, 15) is 0 Å². The van der Waals surface area contributed by atoms with E-state index in [-0.39, 0.29) is 0 Å². The average Bonchev–Trinajstić information content (AvgIpc) is 2.88. The van der Waals surface area contributed by atoms with Crippen LogP contribution in [0.15, 0.2) is 35.5 Å². The fraction of sp³-hybridized carbons (Fsp3) is 0.333. The lowest BCUT2D eigenvalue weighted by molar-refractivity contribution is 0.811. The number of hydrogen-bond donors (Lipinski definition) is 2. The van der Waals surface area contributed by atoms with E-state index in [1.54, 1.807) is 11.3 Å². The third-order valence-electron chi connectivity index (χ3n) is 2.73. The molecule has 6 heteroatoms. The summed E-state index contributed by atoms with van der Waals surface area (Å²) in [4.78, 5) is 10.1. The van der Waals surface area contributed by atoms with Gasteiger partial charge in [-0.3, -0.25) is 0 Å². The van der Waals surface area contributed by atoms with Gasteiger partial charge in [0, 0.05) is 22.6 Å². The molecule has 0 spiro atoms. The normalized spacial score (nSPS) is 11.5. The maximum atomic E-state index is 5.98. The molecule has 0 aliphatic heterocycles.